The van der Waals surface area contributed by atoms with Crippen LogP contribution >= 0.6 is 0 Å². The first-order valence-electron chi connectivity index (χ1n) is 16.9. The van der Waals surface area contributed by atoms with Gasteiger partial charge in [-0.05, 0) is 148 Å². The number of hydrogen-bond donors (Lipinski definition) is 2. The maximum atomic E-state index is 5.52. The molecule has 5 heteroatoms. The summed E-state index contributed by atoms with van der Waals surface area (Å²) in [5.41, 5.74) is 20.9. The fourth-order valence-corrected chi connectivity index (χ4v) is 6.89. The Kier molecular flexibility index (Phi) is 8.78. The van der Waals surface area contributed by atoms with E-state index in [2.05, 4.69) is 95.7 Å². The van der Waals surface area contributed by atoms with Gasteiger partial charge in [0.05, 0.1) is 29.9 Å². The molecule has 2 aliphatic heterocycles. The molecule has 8 bridgehead atoms. The third kappa shape index (κ3) is 5.50. The van der Waals surface area contributed by atoms with Gasteiger partial charge in [0.2, 0.25) is 0 Å². The molecule has 0 radical (unpaired) electrons. The molecule has 0 unspecified atom stereocenters. The van der Waals surface area contributed by atoms with Crippen molar-refractivity contribution in [1.82, 2.24) is 19.9 Å². The number of fused-ring (bicyclic) bond motifs is 8. The summed E-state index contributed by atoms with van der Waals surface area (Å²) in [4.78, 5) is 18.4. The second-order valence-electron chi connectivity index (χ2n) is 13.0. The van der Waals surface area contributed by atoms with E-state index >= 15 is 0 Å². The number of allylic oxidation sites excluding steroid dienone is 4. The molecule has 4 aromatic rings. The number of H-pyrrole nitrogens is 2. The predicted molar refractivity (Wildman–Crippen MR) is 196 cm³/mol. The fourth-order valence-electron chi connectivity index (χ4n) is 6.89. The minimum absolute atomic E-state index is 0.831. The minimum Gasteiger partial charge on any atom is -0.497 e. The normalized spacial score (nSPS) is 13.2. The van der Waals surface area contributed by atoms with Crippen molar-refractivity contribution in [3.8, 4) is 16.9 Å². The third-order valence-electron chi connectivity index (χ3n) is 10.2. The number of aromatic amines is 2. The number of aryl methyl sites for hydroxylation is 4. The zero-order valence-electron chi connectivity index (χ0n) is 29.1. The van der Waals surface area contributed by atoms with Crippen LogP contribution in [0.5, 0.6) is 5.75 Å². The van der Waals surface area contributed by atoms with Gasteiger partial charge in [-0.1, -0.05) is 38.8 Å². The minimum atomic E-state index is 0.831. The van der Waals surface area contributed by atoms with Crippen molar-refractivity contribution < 1.29 is 4.74 Å². The number of aromatic nitrogens is 4. The molecule has 46 heavy (non-hydrogen) atoms. The Morgan fingerprint density at radius 1 is 0.587 bits per heavy atom. The molecule has 0 aliphatic carbocycles. The van der Waals surface area contributed by atoms with Gasteiger partial charge >= 0.3 is 0 Å². The van der Waals surface area contributed by atoms with Crippen LogP contribution in [-0.4, -0.2) is 27.0 Å². The Bertz CT molecular complexity index is 1930. The van der Waals surface area contributed by atoms with Gasteiger partial charge in [-0.25, -0.2) is 9.97 Å². The summed E-state index contributed by atoms with van der Waals surface area (Å²) in [7, 11) is 1.71. The van der Waals surface area contributed by atoms with Crippen LogP contribution in [-0.2, 0) is 12.8 Å². The van der Waals surface area contributed by atoms with Crippen molar-refractivity contribution >= 4 is 44.4 Å². The van der Waals surface area contributed by atoms with Gasteiger partial charge in [0.25, 0.3) is 0 Å². The Hall–Kier alpha value is -4.38. The van der Waals surface area contributed by atoms with E-state index in [4.69, 9.17) is 14.7 Å². The molecule has 238 valence electrons. The van der Waals surface area contributed by atoms with Gasteiger partial charge in [-0.3, -0.25) is 0 Å². The van der Waals surface area contributed by atoms with E-state index < -0.39 is 0 Å². The Balaban J connectivity index is 1.81. The first kappa shape index (κ1) is 31.6. The second-order valence-corrected chi connectivity index (χ2v) is 13.0. The predicted octanol–water partition coefficient (Wildman–Crippen LogP) is 11.2. The lowest BCUT2D eigenvalue weighted by atomic mass is 9.94. The molecule has 0 spiro atoms. The summed E-state index contributed by atoms with van der Waals surface area (Å²) in [5, 5.41) is 0. The molecule has 0 saturated heterocycles. The highest BCUT2D eigenvalue weighted by molar-refractivity contribution is 6.01. The van der Waals surface area contributed by atoms with Gasteiger partial charge in [0.1, 0.15) is 5.75 Å². The highest BCUT2D eigenvalue weighted by Gasteiger charge is 2.25. The number of rotatable bonds is 8. The summed E-state index contributed by atoms with van der Waals surface area (Å²) < 4.78 is 5.52. The second kappa shape index (κ2) is 12.8. The van der Waals surface area contributed by atoms with E-state index in [1.165, 1.54) is 55.6 Å². The number of nitrogens with one attached hydrogen (secondary N) is 2. The summed E-state index contributed by atoms with van der Waals surface area (Å²) in [6.45, 7) is 17.8. The summed E-state index contributed by atoms with van der Waals surface area (Å²) in [5.74, 6) is 0.831. The largest absolute Gasteiger partial charge is 0.497 e. The van der Waals surface area contributed by atoms with Crippen molar-refractivity contribution in [2.75, 3.05) is 7.11 Å². The molecule has 5 nitrogen and oxygen atoms in total. The lowest BCUT2D eigenvalue weighted by Crippen LogP contribution is -1.93. The van der Waals surface area contributed by atoms with E-state index in [1.54, 1.807) is 7.11 Å². The average Bonchev–Trinajstić information content (AvgIpc) is 3.70. The van der Waals surface area contributed by atoms with Gasteiger partial charge in [-0.2, -0.15) is 0 Å². The maximum Gasteiger partial charge on any atom is 0.118 e. The lowest BCUT2D eigenvalue weighted by Gasteiger charge is -2.10. The molecule has 0 fully saturated rings. The monoisotopic (exact) mass is 612 g/mol. The van der Waals surface area contributed by atoms with Crippen molar-refractivity contribution in [1.29, 1.82) is 0 Å². The van der Waals surface area contributed by atoms with Crippen LogP contribution in [0.15, 0.2) is 42.5 Å². The number of methoxy groups -OCH3 is 1. The number of ether oxygens (including phenoxy) is 1. The molecule has 0 amide bonds. The van der Waals surface area contributed by atoms with E-state index in [0.29, 0.717) is 0 Å². The van der Waals surface area contributed by atoms with Crippen LogP contribution in [0, 0.1) is 13.8 Å². The molecule has 3 aromatic heterocycles. The number of unbranched alkanes of at least 4 members (excludes halogenated alkanes) is 2. The highest BCUT2D eigenvalue weighted by Crippen LogP contribution is 2.42. The lowest BCUT2D eigenvalue weighted by molar-refractivity contribution is 0.415. The first-order valence-corrected chi connectivity index (χ1v) is 16.9. The van der Waals surface area contributed by atoms with Crippen LogP contribution in [0.2, 0.25) is 0 Å². The van der Waals surface area contributed by atoms with Crippen LogP contribution in [0.4, 0.5) is 0 Å². The maximum absolute atomic E-state index is 5.52. The summed E-state index contributed by atoms with van der Waals surface area (Å²) in [6, 6.07) is 15.2. The highest BCUT2D eigenvalue weighted by atomic mass is 16.5. The fraction of sp³-hybridized carbons (Fsp3) is 0.366. The average molecular weight is 613 g/mol. The molecule has 6 rings (SSSR count). The molecule has 0 atom stereocenters. The van der Waals surface area contributed by atoms with Crippen molar-refractivity contribution in [2.24, 2.45) is 0 Å². The standard InChI is InChI=1S/C41H48N4O/c1-10-12-14-31-27(7)35-20-33-23(3)25(5)40(44-33)39(29-16-18-30(46-9)19-17-29)41-26(6)24(4)34(45-41)21-36-28(8)32(15-13-11-2)38(43-36)22-37(31)42-35/h16-22,42-43H,10-15H2,1-9H3. The third-order valence-corrected chi connectivity index (χ3v) is 10.2. The van der Waals surface area contributed by atoms with Crippen molar-refractivity contribution in [2.45, 2.75) is 93.9 Å². The van der Waals surface area contributed by atoms with Gasteiger partial charge < -0.3 is 14.7 Å². The Morgan fingerprint density at radius 3 is 1.46 bits per heavy atom. The molecule has 1 aromatic carbocycles. The molecule has 5 heterocycles. The number of hydrogen-bond acceptors (Lipinski definition) is 3. The number of nitrogens with zero attached hydrogens (tertiary/aromatic N) is 2. The molecule has 0 saturated carbocycles. The van der Waals surface area contributed by atoms with Gasteiger partial charge in [-0.15, -0.1) is 0 Å². The Morgan fingerprint density at radius 2 is 1.04 bits per heavy atom. The first-order chi connectivity index (χ1) is 22.2. The van der Waals surface area contributed by atoms with E-state index in [1.807, 2.05) is 12.1 Å². The van der Waals surface area contributed by atoms with Crippen molar-refractivity contribution in [3.05, 3.63) is 87.5 Å². The zero-order valence-corrected chi connectivity index (χ0v) is 29.1. The molecule has 2 aliphatic rings. The van der Waals surface area contributed by atoms with E-state index in [0.717, 1.165) is 89.2 Å². The molecular weight excluding hydrogens is 564 g/mol. The number of benzene rings is 1. The smallest absolute Gasteiger partial charge is 0.118 e. The van der Waals surface area contributed by atoms with E-state index in [9.17, 15) is 0 Å². The summed E-state index contributed by atoms with van der Waals surface area (Å²) >= 11 is 0. The van der Waals surface area contributed by atoms with Crippen molar-refractivity contribution in [3.63, 3.8) is 0 Å². The van der Waals surface area contributed by atoms with Gasteiger partial charge in [0, 0.05) is 27.6 Å². The Labute approximate surface area is 273 Å². The van der Waals surface area contributed by atoms with Crippen LogP contribution in [0.1, 0.15) is 112 Å². The summed E-state index contributed by atoms with van der Waals surface area (Å²) in [6.07, 6.45) is 6.74. The quantitative estimate of drug-likeness (QED) is 0.208. The van der Waals surface area contributed by atoms with Gasteiger partial charge in [0.15, 0.2) is 0 Å². The topological polar surface area (TPSA) is 66.6 Å². The van der Waals surface area contributed by atoms with Crippen LogP contribution in [0.3, 0.4) is 0 Å². The molecular formula is C41H48N4O. The van der Waals surface area contributed by atoms with Crippen LogP contribution in [0.25, 0.3) is 55.5 Å². The van der Waals surface area contributed by atoms with Crippen LogP contribution < -0.4 is 4.74 Å². The SMILES string of the molecule is CCCCc1c(C)c2cc3nc(c(-c4ccc(OC)cc4)c4nc(cc5[nH]c(cc1[nH]2)c(CCCC)c5C)C(C)=C4C)C(C)=C3C. The molecule has 2 N–H and O–H groups in total. The zero-order chi connectivity index (χ0) is 32.7. The van der Waals surface area contributed by atoms with E-state index in [-0.39, 0.29) is 0 Å².